The molecule has 0 spiro atoms. The minimum absolute atomic E-state index is 0.130. The lowest BCUT2D eigenvalue weighted by molar-refractivity contribution is -0.137. The molecule has 0 saturated carbocycles. The van der Waals surface area contributed by atoms with E-state index in [9.17, 15) is 4.79 Å². The molecule has 3 nitrogen and oxygen atoms in total. The maximum absolute atomic E-state index is 12.5. The average molecular weight is 254 g/mol. The molecule has 0 aromatic rings. The van der Waals surface area contributed by atoms with Gasteiger partial charge in [-0.15, -0.1) is 0 Å². The van der Waals surface area contributed by atoms with Crippen LogP contribution in [0.4, 0.5) is 0 Å². The topological polar surface area (TPSA) is 32.3 Å². The number of rotatable bonds is 6. The maximum atomic E-state index is 12.5. The van der Waals surface area contributed by atoms with Crippen LogP contribution in [0.3, 0.4) is 0 Å². The number of hydrogen-bond donors (Lipinski definition) is 1. The van der Waals surface area contributed by atoms with Gasteiger partial charge in [-0.25, -0.2) is 0 Å². The molecule has 1 aliphatic rings. The van der Waals surface area contributed by atoms with Crippen molar-refractivity contribution in [3.05, 3.63) is 0 Å². The smallest absolute Gasteiger partial charge is 0.225 e. The Kier molecular flexibility index (Phi) is 6.13. The van der Waals surface area contributed by atoms with Gasteiger partial charge in [0.15, 0.2) is 0 Å². The predicted octanol–water partition coefficient (Wildman–Crippen LogP) is 2.52. The molecule has 2 atom stereocenters. The quantitative estimate of drug-likeness (QED) is 0.790. The van der Waals surface area contributed by atoms with E-state index in [2.05, 4.69) is 44.8 Å². The van der Waals surface area contributed by atoms with Crippen molar-refractivity contribution in [2.75, 3.05) is 19.6 Å². The molecule has 0 radical (unpaired) electrons. The van der Waals surface area contributed by atoms with Crippen molar-refractivity contribution >= 4 is 5.91 Å². The van der Waals surface area contributed by atoms with Crippen LogP contribution >= 0.6 is 0 Å². The van der Waals surface area contributed by atoms with E-state index in [1.54, 1.807) is 0 Å². The number of carbonyl (C=O) groups excluding carboxylic acids is 1. The van der Waals surface area contributed by atoms with Crippen LogP contribution in [0.5, 0.6) is 0 Å². The zero-order valence-electron chi connectivity index (χ0n) is 12.7. The highest BCUT2D eigenvalue weighted by atomic mass is 16.2. The zero-order chi connectivity index (χ0) is 13.7. The normalized spacial score (nSPS) is 21.6. The summed E-state index contributed by atoms with van der Waals surface area (Å²) in [7, 11) is 0. The second kappa shape index (κ2) is 7.13. The molecule has 0 bridgehead atoms. The highest BCUT2D eigenvalue weighted by Crippen LogP contribution is 2.16. The van der Waals surface area contributed by atoms with Crippen LogP contribution in [0, 0.1) is 17.8 Å². The molecule has 1 rings (SSSR count). The first-order chi connectivity index (χ1) is 8.41. The van der Waals surface area contributed by atoms with E-state index in [1.165, 1.54) is 12.8 Å². The van der Waals surface area contributed by atoms with Crippen molar-refractivity contribution in [1.29, 1.82) is 0 Å². The van der Waals surface area contributed by atoms with Gasteiger partial charge in [-0.1, -0.05) is 34.6 Å². The van der Waals surface area contributed by atoms with Gasteiger partial charge in [0, 0.05) is 25.0 Å². The number of nitrogens with zero attached hydrogens (tertiary/aromatic N) is 1. The van der Waals surface area contributed by atoms with Gasteiger partial charge in [0.2, 0.25) is 5.91 Å². The van der Waals surface area contributed by atoms with E-state index in [0.29, 0.717) is 23.8 Å². The van der Waals surface area contributed by atoms with E-state index < -0.39 is 0 Å². The van der Waals surface area contributed by atoms with Crippen molar-refractivity contribution in [1.82, 2.24) is 10.2 Å². The standard InChI is InChI=1S/C15H30N2O/c1-11(2)9-17(10-14-7-6-8-16-14)15(18)13(5)12(3)4/h11-14,16H,6-10H2,1-5H3. The summed E-state index contributed by atoms with van der Waals surface area (Å²) in [6, 6.07) is 0.507. The Morgan fingerprint density at radius 2 is 1.94 bits per heavy atom. The summed E-state index contributed by atoms with van der Waals surface area (Å²) >= 11 is 0. The Bertz CT molecular complexity index is 257. The summed E-state index contributed by atoms with van der Waals surface area (Å²) in [5.74, 6) is 1.41. The van der Waals surface area contributed by atoms with Gasteiger partial charge in [-0.05, 0) is 31.2 Å². The SMILES string of the molecule is CC(C)CN(CC1CCCN1)C(=O)C(C)C(C)C. The molecule has 1 amide bonds. The molecule has 106 valence electrons. The van der Waals surface area contributed by atoms with Gasteiger partial charge in [0.05, 0.1) is 0 Å². The second-order valence-corrected chi connectivity index (χ2v) is 6.46. The third-order valence-corrected chi connectivity index (χ3v) is 3.89. The molecular formula is C15H30N2O. The zero-order valence-corrected chi connectivity index (χ0v) is 12.7. The molecule has 0 aliphatic carbocycles. The van der Waals surface area contributed by atoms with Crippen molar-refractivity contribution in [2.24, 2.45) is 17.8 Å². The molecule has 18 heavy (non-hydrogen) atoms. The van der Waals surface area contributed by atoms with Crippen molar-refractivity contribution < 1.29 is 4.79 Å². The molecule has 1 N–H and O–H groups in total. The maximum Gasteiger partial charge on any atom is 0.225 e. The molecule has 0 aromatic heterocycles. The number of amides is 1. The molecule has 1 aliphatic heterocycles. The largest absolute Gasteiger partial charge is 0.341 e. The van der Waals surface area contributed by atoms with Gasteiger partial charge in [-0.3, -0.25) is 4.79 Å². The van der Waals surface area contributed by atoms with Crippen molar-refractivity contribution in [2.45, 2.75) is 53.5 Å². The first-order valence-corrected chi connectivity index (χ1v) is 7.44. The summed E-state index contributed by atoms with van der Waals surface area (Å²) in [4.78, 5) is 14.6. The fraction of sp³-hybridized carbons (Fsp3) is 0.933. The molecule has 0 aromatic carbocycles. The number of nitrogens with one attached hydrogen (secondary N) is 1. The summed E-state index contributed by atoms with van der Waals surface area (Å²) < 4.78 is 0. The Hall–Kier alpha value is -0.570. The van der Waals surface area contributed by atoms with E-state index >= 15 is 0 Å². The molecular weight excluding hydrogens is 224 g/mol. The molecule has 1 fully saturated rings. The second-order valence-electron chi connectivity index (χ2n) is 6.46. The Morgan fingerprint density at radius 1 is 1.28 bits per heavy atom. The van der Waals surface area contributed by atoms with Gasteiger partial charge in [-0.2, -0.15) is 0 Å². The number of hydrogen-bond acceptors (Lipinski definition) is 2. The Labute approximate surface area is 112 Å². The summed E-state index contributed by atoms with van der Waals surface area (Å²) in [6.45, 7) is 13.6. The third-order valence-electron chi connectivity index (χ3n) is 3.89. The number of carbonyl (C=O) groups is 1. The van der Waals surface area contributed by atoms with Gasteiger partial charge < -0.3 is 10.2 Å². The van der Waals surface area contributed by atoms with Crippen LogP contribution in [0.2, 0.25) is 0 Å². The first kappa shape index (κ1) is 15.5. The molecule has 2 unspecified atom stereocenters. The molecule has 1 heterocycles. The van der Waals surface area contributed by atoms with E-state index in [1.807, 2.05) is 0 Å². The first-order valence-electron chi connectivity index (χ1n) is 7.44. The predicted molar refractivity (Wildman–Crippen MR) is 76.4 cm³/mol. The highest BCUT2D eigenvalue weighted by Gasteiger charge is 2.26. The minimum Gasteiger partial charge on any atom is -0.341 e. The Morgan fingerprint density at radius 3 is 2.39 bits per heavy atom. The van der Waals surface area contributed by atoms with Crippen LogP contribution in [0.15, 0.2) is 0 Å². The summed E-state index contributed by atoms with van der Waals surface area (Å²) in [6.07, 6.45) is 2.45. The van der Waals surface area contributed by atoms with Gasteiger partial charge in [0.1, 0.15) is 0 Å². The average Bonchev–Trinajstić information content (AvgIpc) is 2.78. The fourth-order valence-electron chi connectivity index (χ4n) is 2.45. The summed E-state index contributed by atoms with van der Waals surface area (Å²) in [5, 5.41) is 3.49. The Balaban J connectivity index is 2.61. The van der Waals surface area contributed by atoms with Crippen molar-refractivity contribution in [3.8, 4) is 0 Å². The van der Waals surface area contributed by atoms with Crippen LogP contribution in [0.25, 0.3) is 0 Å². The highest BCUT2D eigenvalue weighted by molar-refractivity contribution is 5.78. The van der Waals surface area contributed by atoms with E-state index in [0.717, 1.165) is 19.6 Å². The summed E-state index contributed by atoms with van der Waals surface area (Å²) in [5.41, 5.74) is 0. The lowest BCUT2D eigenvalue weighted by atomic mass is 9.96. The molecule has 3 heteroatoms. The minimum atomic E-state index is 0.130. The van der Waals surface area contributed by atoms with Crippen LogP contribution in [-0.4, -0.2) is 36.5 Å². The molecule has 1 saturated heterocycles. The fourth-order valence-corrected chi connectivity index (χ4v) is 2.45. The van der Waals surface area contributed by atoms with E-state index in [4.69, 9.17) is 0 Å². The third kappa shape index (κ3) is 4.60. The van der Waals surface area contributed by atoms with Gasteiger partial charge in [0.25, 0.3) is 0 Å². The monoisotopic (exact) mass is 254 g/mol. The lowest BCUT2D eigenvalue weighted by Gasteiger charge is -2.31. The lowest BCUT2D eigenvalue weighted by Crippen LogP contribution is -2.45. The van der Waals surface area contributed by atoms with Crippen molar-refractivity contribution in [3.63, 3.8) is 0 Å². The van der Waals surface area contributed by atoms with Crippen LogP contribution < -0.4 is 5.32 Å². The van der Waals surface area contributed by atoms with Gasteiger partial charge >= 0.3 is 0 Å². The van der Waals surface area contributed by atoms with E-state index in [-0.39, 0.29) is 5.92 Å². The van der Waals surface area contributed by atoms with Crippen LogP contribution in [-0.2, 0) is 4.79 Å². The van der Waals surface area contributed by atoms with Crippen LogP contribution in [0.1, 0.15) is 47.5 Å².